The molecule has 0 aliphatic heterocycles. The van der Waals surface area contributed by atoms with Gasteiger partial charge < -0.3 is 19.7 Å². The monoisotopic (exact) mass is 660 g/mol. The molecule has 4 aromatic rings. The summed E-state index contributed by atoms with van der Waals surface area (Å²) in [5, 5.41) is 18.1. The molecular weight excluding hydrogens is 621 g/mol. The molecule has 0 saturated heterocycles. The molecule has 10 heteroatoms. The maximum atomic E-state index is 12.0. The van der Waals surface area contributed by atoms with Gasteiger partial charge >= 0.3 is 11.9 Å². The SMILES string of the molecule is CCc1ccc(CCOc2ccc(C[C@H](SS[C@@H](Cc3ccc(OCCc4ccc(CC)cn4)cc3)C(=O)O)C(=O)O)cc2)nc1. The number of aliphatic carboxylic acids is 2. The summed E-state index contributed by atoms with van der Waals surface area (Å²) in [4.78, 5) is 33.0. The smallest absolute Gasteiger partial charge is 0.317 e. The predicted molar refractivity (Wildman–Crippen MR) is 184 cm³/mol. The lowest BCUT2D eigenvalue weighted by molar-refractivity contribution is -0.137. The predicted octanol–water partition coefficient (Wildman–Crippen LogP) is 6.92. The molecule has 0 bridgehead atoms. The van der Waals surface area contributed by atoms with Crippen LogP contribution >= 0.6 is 21.6 Å². The molecule has 0 aliphatic rings. The van der Waals surface area contributed by atoms with Crippen LogP contribution in [-0.2, 0) is 48.1 Å². The largest absolute Gasteiger partial charge is 0.493 e. The van der Waals surface area contributed by atoms with E-state index in [0.717, 1.165) is 56.9 Å². The average Bonchev–Trinajstić information content (AvgIpc) is 3.07. The third-order valence-corrected chi connectivity index (χ3v) is 10.4. The number of aryl methyl sites for hydroxylation is 2. The quantitative estimate of drug-likeness (QED) is 0.103. The number of ether oxygens (including phenoxy) is 2. The fourth-order valence-electron chi connectivity index (χ4n) is 4.50. The standard InChI is InChI=1S/C36H40N2O6S2/c1-3-25-5-11-29(37-23-25)17-19-43-31-13-7-27(8-14-31)21-33(35(39)40)45-46-34(36(41)42)22-28-9-15-32(16-10-28)44-20-18-30-12-6-26(4-2)24-38-30/h5-16,23-24,33-34H,3-4,17-22H2,1-2H3,(H,39,40)(H,41,42)/t33-,34-/m0/s1. The van der Waals surface area contributed by atoms with Crippen LogP contribution in [0.4, 0.5) is 0 Å². The summed E-state index contributed by atoms with van der Waals surface area (Å²) in [6.07, 6.45) is 7.59. The minimum absolute atomic E-state index is 0.262. The van der Waals surface area contributed by atoms with Gasteiger partial charge in [0.15, 0.2) is 0 Å². The third kappa shape index (κ3) is 11.4. The summed E-state index contributed by atoms with van der Waals surface area (Å²) in [5.41, 5.74) is 6.00. The molecule has 2 heterocycles. The Hall–Kier alpha value is -4.02. The molecule has 8 nitrogen and oxygen atoms in total. The van der Waals surface area contributed by atoms with Crippen LogP contribution < -0.4 is 9.47 Å². The van der Waals surface area contributed by atoms with Crippen molar-refractivity contribution in [3.8, 4) is 11.5 Å². The molecule has 0 spiro atoms. The van der Waals surface area contributed by atoms with Crippen LogP contribution in [0, 0.1) is 0 Å². The van der Waals surface area contributed by atoms with Gasteiger partial charge in [0.25, 0.3) is 0 Å². The fourth-order valence-corrected chi connectivity index (χ4v) is 7.16. The highest BCUT2D eigenvalue weighted by molar-refractivity contribution is 8.77. The average molecular weight is 661 g/mol. The van der Waals surface area contributed by atoms with Gasteiger partial charge in [0.05, 0.1) is 13.2 Å². The highest BCUT2D eigenvalue weighted by Crippen LogP contribution is 2.35. The first-order valence-corrected chi connectivity index (χ1v) is 17.7. The molecule has 2 N–H and O–H groups in total. The van der Waals surface area contributed by atoms with Gasteiger partial charge in [-0.15, -0.1) is 0 Å². The Morgan fingerprint density at radius 3 is 1.28 bits per heavy atom. The summed E-state index contributed by atoms with van der Waals surface area (Å²) >= 11 is 0. The molecule has 0 saturated carbocycles. The van der Waals surface area contributed by atoms with E-state index < -0.39 is 22.4 Å². The van der Waals surface area contributed by atoms with Crippen molar-refractivity contribution >= 4 is 33.5 Å². The van der Waals surface area contributed by atoms with Gasteiger partial charge in [-0.05, 0) is 84.3 Å². The lowest BCUT2D eigenvalue weighted by Gasteiger charge is -2.16. The van der Waals surface area contributed by atoms with Crippen LogP contribution in [0.3, 0.4) is 0 Å². The number of hydrogen-bond acceptors (Lipinski definition) is 8. The van der Waals surface area contributed by atoms with Gasteiger partial charge in [0.2, 0.25) is 0 Å². The highest BCUT2D eigenvalue weighted by Gasteiger charge is 2.25. The van der Waals surface area contributed by atoms with Crippen molar-refractivity contribution in [3.05, 3.63) is 119 Å². The minimum Gasteiger partial charge on any atom is -0.493 e. The van der Waals surface area contributed by atoms with E-state index in [4.69, 9.17) is 9.47 Å². The number of aromatic nitrogens is 2. The van der Waals surface area contributed by atoms with Gasteiger partial charge in [-0.25, -0.2) is 0 Å². The number of hydrogen-bond donors (Lipinski definition) is 2. The second-order valence-corrected chi connectivity index (χ2v) is 13.4. The summed E-state index contributed by atoms with van der Waals surface area (Å²) in [7, 11) is 2.16. The fraction of sp³-hybridized carbons (Fsp3) is 0.333. The van der Waals surface area contributed by atoms with Gasteiger partial charge in [0, 0.05) is 36.6 Å². The van der Waals surface area contributed by atoms with Crippen molar-refractivity contribution in [2.24, 2.45) is 0 Å². The molecule has 0 amide bonds. The topological polar surface area (TPSA) is 119 Å². The zero-order chi connectivity index (χ0) is 32.7. The molecular formula is C36H40N2O6S2. The molecule has 2 aromatic carbocycles. The zero-order valence-corrected chi connectivity index (χ0v) is 27.8. The van der Waals surface area contributed by atoms with E-state index in [1.165, 1.54) is 11.1 Å². The summed E-state index contributed by atoms with van der Waals surface area (Å²) in [5.74, 6) is -0.573. The molecule has 0 fully saturated rings. The zero-order valence-electron chi connectivity index (χ0n) is 26.1. The number of rotatable bonds is 19. The van der Waals surface area contributed by atoms with E-state index in [9.17, 15) is 19.8 Å². The maximum Gasteiger partial charge on any atom is 0.317 e. The van der Waals surface area contributed by atoms with E-state index >= 15 is 0 Å². The summed E-state index contributed by atoms with van der Waals surface area (Å²) < 4.78 is 11.7. The van der Waals surface area contributed by atoms with Gasteiger partial charge in [-0.2, -0.15) is 0 Å². The lowest BCUT2D eigenvalue weighted by atomic mass is 10.1. The van der Waals surface area contributed by atoms with Crippen LogP contribution in [0.25, 0.3) is 0 Å². The summed E-state index contributed by atoms with van der Waals surface area (Å²) in [6, 6.07) is 22.9. The Bertz CT molecular complexity index is 1400. The number of pyridine rings is 2. The van der Waals surface area contributed by atoms with Crippen molar-refractivity contribution in [2.45, 2.75) is 62.9 Å². The second-order valence-electron chi connectivity index (χ2n) is 10.8. The van der Waals surface area contributed by atoms with E-state index in [-0.39, 0.29) is 12.8 Å². The number of carboxylic acids is 2. The number of carbonyl (C=O) groups is 2. The lowest BCUT2D eigenvalue weighted by Crippen LogP contribution is -2.22. The Morgan fingerprint density at radius 2 is 0.978 bits per heavy atom. The van der Waals surface area contributed by atoms with E-state index in [2.05, 4.69) is 35.9 Å². The van der Waals surface area contributed by atoms with Crippen LogP contribution in [0.15, 0.2) is 85.2 Å². The molecule has 0 unspecified atom stereocenters. The first-order valence-electron chi connectivity index (χ1n) is 15.4. The van der Waals surface area contributed by atoms with Crippen LogP contribution in [-0.4, -0.2) is 55.8 Å². The van der Waals surface area contributed by atoms with Crippen LogP contribution in [0.2, 0.25) is 0 Å². The summed E-state index contributed by atoms with van der Waals surface area (Å²) in [6.45, 7) is 5.16. The van der Waals surface area contributed by atoms with E-state index in [1.807, 2.05) is 73.1 Å². The highest BCUT2D eigenvalue weighted by atomic mass is 33.1. The number of carboxylic acid groups (broad SMARTS) is 2. The Morgan fingerprint density at radius 1 is 0.609 bits per heavy atom. The third-order valence-electron chi connectivity index (χ3n) is 7.37. The van der Waals surface area contributed by atoms with Crippen molar-refractivity contribution in [2.75, 3.05) is 13.2 Å². The Balaban J connectivity index is 1.22. The normalized spacial score (nSPS) is 12.3. The Kier molecular flexibility index (Phi) is 13.8. The molecule has 46 heavy (non-hydrogen) atoms. The van der Waals surface area contributed by atoms with Gasteiger partial charge in [-0.1, -0.05) is 71.8 Å². The van der Waals surface area contributed by atoms with Crippen molar-refractivity contribution in [1.82, 2.24) is 9.97 Å². The first kappa shape index (κ1) is 34.8. The van der Waals surface area contributed by atoms with E-state index in [1.54, 1.807) is 0 Å². The molecule has 2 aromatic heterocycles. The molecule has 0 radical (unpaired) electrons. The number of nitrogens with zero attached hydrogens (tertiary/aromatic N) is 2. The van der Waals surface area contributed by atoms with Crippen LogP contribution in [0.5, 0.6) is 11.5 Å². The molecule has 0 aliphatic carbocycles. The van der Waals surface area contributed by atoms with Crippen LogP contribution in [0.1, 0.15) is 47.5 Å². The number of benzene rings is 2. The second kappa shape index (κ2) is 18.2. The van der Waals surface area contributed by atoms with E-state index in [0.29, 0.717) is 37.6 Å². The van der Waals surface area contributed by atoms with Gasteiger partial charge in [0.1, 0.15) is 22.0 Å². The minimum atomic E-state index is -0.985. The molecule has 4 rings (SSSR count). The van der Waals surface area contributed by atoms with Crippen molar-refractivity contribution in [1.29, 1.82) is 0 Å². The molecule has 2 atom stereocenters. The first-order chi connectivity index (χ1) is 22.3. The molecule has 242 valence electrons. The maximum absolute atomic E-state index is 12.0. The van der Waals surface area contributed by atoms with Crippen molar-refractivity contribution in [3.63, 3.8) is 0 Å². The van der Waals surface area contributed by atoms with Gasteiger partial charge in [-0.3, -0.25) is 19.6 Å². The van der Waals surface area contributed by atoms with Crippen molar-refractivity contribution < 1.29 is 29.3 Å². The Labute approximate surface area is 278 Å².